The van der Waals surface area contributed by atoms with Crippen molar-refractivity contribution in [3.05, 3.63) is 35.4 Å². The number of hydrogen-bond donors (Lipinski definition) is 1. The number of benzene rings is 1. The van der Waals surface area contributed by atoms with Crippen LogP contribution in [0.5, 0.6) is 0 Å². The third-order valence-corrected chi connectivity index (χ3v) is 2.48. The van der Waals surface area contributed by atoms with Crippen molar-refractivity contribution in [1.29, 1.82) is 0 Å². The lowest BCUT2D eigenvalue weighted by molar-refractivity contribution is 0.308. The van der Waals surface area contributed by atoms with Crippen LogP contribution in [0.1, 0.15) is 30.9 Å². The van der Waals surface area contributed by atoms with Crippen LogP contribution in [0.15, 0.2) is 24.3 Å². The van der Waals surface area contributed by atoms with E-state index in [0.29, 0.717) is 5.92 Å². The molecule has 4 nitrogen and oxygen atoms in total. The zero-order chi connectivity index (χ0) is 11.5. The van der Waals surface area contributed by atoms with Gasteiger partial charge in [0.1, 0.15) is 0 Å². The lowest BCUT2D eigenvalue weighted by Crippen LogP contribution is -2.15. The Labute approximate surface area is 90.3 Å². The Hall–Kier alpha value is -0.910. The number of hydrogen-bond acceptors (Lipinski definition) is 3. The lowest BCUT2D eigenvalue weighted by atomic mass is 10.0. The van der Waals surface area contributed by atoms with Gasteiger partial charge in [0.05, 0.1) is 6.61 Å². The first-order valence-electron chi connectivity index (χ1n) is 4.64. The predicted octanol–water partition coefficient (Wildman–Crippen LogP) is 1.53. The van der Waals surface area contributed by atoms with E-state index >= 15 is 0 Å². The average Bonchev–Trinajstić information content (AvgIpc) is 2.14. The molecule has 0 aliphatic heterocycles. The van der Waals surface area contributed by atoms with Crippen molar-refractivity contribution < 1.29 is 12.6 Å². The van der Waals surface area contributed by atoms with Crippen LogP contribution >= 0.6 is 0 Å². The van der Waals surface area contributed by atoms with Gasteiger partial charge < -0.3 is 0 Å². The Kier molecular flexibility index (Phi) is 3.84. The van der Waals surface area contributed by atoms with Crippen LogP contribution in [0.3, 0.4) is 0 Å². The Morgan fingerprint density at radius 1 is 1.27 bits per heavy atom. The van der Waals surface area contributed by atoms with Crippen molar-refractivity contribution in [2.75, 3.05) is 0 Å². The maximum atomic E-state index is 10.5. The zero-order valence-electron chi connectivity index (χ0n) is 8.80. The first kappa shape index (κ1) is 12.2. The van der Waals surface area contributed by atoms with Gasteiger partial charge in [0, 0.05) is 0 Å². The van der Waals surface area contributed by atoms with E-state index in [0.717, 1.165) is 5.56 Å². The van der Waals surface area contributed by atoms with E-state index in [-0.39, 0.29) is 6.61 Å². The summed E-state index contributed by atoms with van der Waals surface area (Å²) in [5, 5.41) is 4.71. The van der Waals surface area contributed by atoms with Crippen molar-refractivity contribution in [3.8, 4) is 0 Å². The van der Waals surface area contributed by atoms with E-state index in [1.807, 2.05) is 24.3 Å². The molecule has 0 heterocycles. The van der Waals surface area contributed by atoms with Gasteiger partial charge in [0.2, 0.25) is 0 Å². The molecule has 0 radical (unpaired) electrons. The summed E-state index contributed by atoms with van der Waals surface area (Å²) in [6, 6.07) is 7.57. The van der Waals surface area contributed by atoms with Crippen molar-refractivity contribution in [2.45, 2.75) is 26.4 Å². The highest BCUT2D eigenvalue weighted by atomic mass is 32.2. The lowest BCUT2D eigenvalue weighted by Gasteiger charge is -2.06. The van der Waals surface area contributed by atoms with E-state index in [1.165, 1.54) is 5.56 Å². The SMILES string of the molecule is CC(C)c1ccc(COS(N)(=O)=O)cc1. The molecule has 0 amide bonds. The number of nitrogens with two attached hydrogens (primary N) is 1. The molecule has 0 bridgehead atoms. The molecule has 2 N–H and O–H groups in total. The smallest absolute Gasteiger partial charge is 0.253 e. The molecule has 0 fully saturated rings. The second-order valence-corrected chi connectivity index (χ2v) is 4.87. The molecule has 15 heavy (non-hydrogen) atoms. The molecule has 0 spiro atoms. The van der Waals surface area contributed by atoms with Crippen molar-refractivity contribution in [2.24, 2.45) is 5.14 Å². The Bertz CT molecular complexity index is 409. The monoisotopic (exact) mass is 229 g/mol. The molecule has 0 saturated carbocycles. The van der Waals surface area contributed by atoms with E-state index in [4.69, 9.17) is 5.14 Å². The Morgan fingerprint density at radius 3 is 2.20 bits per heavy atom. The van der Waals surface area contributed by atoms with Gasteiger partial charge >= 0.3 is 10.3 Å². The van der Waals surface area contributed by atoms with Crippen LogP contribution in [0.25, 0.3) is 0 Å². The standard InChI is InChI=1S/C10H15NO3S/c1-8(2)10-5-3-9(4-6-10)7-14-15(11,12)13/h3-6,8H,7H2,1-2H3,(H2,11,12,13). The van der Waals surface area contributed by atoms with Gasteiger partial charge in [0.25, 0.3) is 0 Å². The highest BCUT2D eigenvalue weighted by Gasteiger charge is 2.03. The fraction of sp³-hybridized carbons (Fsp3) is 0.400. The first-order valence-corrected chi connectivity index (χ1v) is 6.11. The molecule has 84 valence electrons. The molecule has 1 aromatic carbocycles. The largest absolute Gasteiger partial charge is 0.333 e. The summed E-state index contributed by atoms with van der Waals surface area (Å²) in [7, 11) is -3.85. The zero-order valence-corrected chi connectivity index (χ0v) is 9.62. The number of rotatable bonds is 4. The maximum Gasteiger partial charge on any atom is 0.333 e. The van der Waals surface area contributed by atoms with E-state index in [9.17, 15) is 8.42 Å². The van der Waals surface area contributed by atoms with Crippen molar-refractivity contribution in [3.63, 3.8) is 0 Å². The first-order chi connectivity index (χ1) is 6.88. The van der Waals surface area contributed by atoms with Gasteiger partial charge in [-0.25, -0.2) is 5.14 Å². The molecule has 0 aromatic heterocycles. The highest BCUT2D eigenvalue weighted by Crippen LogP contribution is 2.15. The molecular weight excluding hydrogens is 214 g/mol. The Balaban J connectivity index is 2.65. The minimum Gasteiger partial charge on any atom is -0.253 e. The minimum atomic E-state index is -3.85. The summed E-state index contributed by atoms with van der Waals surface area (Å²) in [5.41, 5.74) is 1.99. The summed E-state index contributed by atoms with van der Waals surface area (Å²) >= 11 is 0. The van der Waals surface area contributed by atoms with E-state index in [2.05, 4.69) is 18.0 Å². The van der Waals surface area contributed by atoms with E-state index < -0.39 is 10.3 Å². The van der Waals surface area contributed by atoms with Crippen LogP contribution < -0.4 is 5.14 Å². The molecule has 0 unspecified atom stereocenters. The normalized spacial score (nSPS) is 12.0. The molecule has 0 aliphatic carbocycles. The molecule has 5 heteroatoms. The minimum absolute atomic E-state index is 0.0167. The van der Waals surface area contributed by atoms with Crippen LogP contribution in [0.4, 0.5) is 0 Å². The summed E-state index contributed by atoms with van der Waals surface area (Å²) in [6.45, 7) is 4.17. The van der Waals surface area contributed by atoms with Gasteiger partial charge in [0.15, 0.2) is 0 Å². The van der Waals surface area contributed by atoms with Gasteiger partial charge in [-0.1, -0.05) is 38.1 Å². The average molecular weight is 229 g/mol. The predicted molar refractivity (Wildman–Crippen MR) is 58.4 cm³/mol. The van der Waals surface area contributed by atoms with Gasteiger partial charge in [-0.15, -0.1) is 0 Å². The molecule has 1 aromatic rings. The van der Waals surface area contributed by atoms with Crippen molar-refractivity contribution >= 4 is 10.3 Å². The highest BCUT2D eigenvalue weighted by molar-refractivity contribution is 7.84. The maximum absolute atomic E-state index is 10.5. The molecule has 0 atom stereocenters. The molecule has 0 aliphatic rings. The van der Waals surface area contributed by atoms with E-state index in [1.54, 1.807) is 0 Å². The summed E-state index contributed by atoms with van der Waals surface area (Å²) in [4.78, 5) is 0. The van der Waals surface area contributed by atoms with Crippen LogP contribution in [-0.4, -0.2) is 8.42 Å². The van der Waals surface area contributed by atoms with Crippen molar-refractivity contribution in [1.82, 2.24) is 0 Å². The van der Waals surface area contributed by atoms with Gasteiger partial charge in [-0.2, -0.15) is 8.42 Å². The third-order valence-electron chi connectivity index (χ3n) is 2.04. The second kappa shape index (κ2) is 4.74. The van der Waals surface area contributed by atoms with Gasteiger partial charge in [-0.3, -0.25) is 4.18 Å². The third kappa shape index (κ3) is 4.42. The second-order valence-electron chi connectivity index (χ2n) is 3.65. The topological polar surface area (TPSA) is 69.4 Å². The van der Waals surface area contributed by atoms with Gasteiger partial charge in [-0.05, 0) is 17.0 Å². The van der Waals surface area contributed by atoms with Crippen LogP contribution in [0, 0.1) is 0 Å². The fourth-order valence-corrected chi connectivity index (χ4v) is 1.45. The Morgan fingerprint density at radius 2 is 1.80 bits per heavy atom. The fourth-order valence-electron chi connectivity index (χ4n) is 1.15. The molecule has 1 rings (SSSR count). The summed E-state index contributed by atoms with van der Waals surface area (Å²) < 4.78 is 25.5. The summed E-state index contributed by atoms with van der Waals surface area (Å²) in [5.74, 6) is 0.457. The molecule has 0 saturated heterocycles. The quantitative estimate of drug-likeness (QED) is 0.851. The summed E-state index contributed by atoms with van der Waals surface area (Å²) in [6.07, 6.45) is 0. The van der Waals surface area contributed by atoms with Crippen LogP contribution in [0.2, 0.25) is 0 Å². The van der Waals surface area contributed by atoms with Crippen LogP contribution in [-0.2, 0) is 21.1 Å². The molecular formula is C10H15NO3S.